The predicted octanol–water partition coefficient (Wildman–Crippen LogP) is 1.97. The average Bonchev–Trinajstić information content (AvgIpc) is 2.50. The molecule has 1 aliphatic heterocycles. The Balaban J connectivity index is 1.76. The fraction of sp³-hybridized carbons (Fsp3) is 0.500. The summed E-state index contributed by atoms with van der Waals surface area (Å²) in [6, 6.07) is 1.96. The van der Waals surface area contributed by atoms with E-state index in [0.29, 0.717) is 30.4 Å². The van der Waals surface area contributed by atoms with Crippen molar-refractivity contribution in [1.29, 1.82) is 0 Å². The van der Waals surface area contributed by atoms with Gasteiger partial charge >= 0.3 is 0 Å². The molecule has 0 amide bonds. The van der Waals surface area contributed by atoms with E-state index in [1.807, 2.05) is 24.8 Å². The summed E-state index contributed by atoms with van der Waals surface area (Å²) in [5.41, 5.74) is 2.32. The van der Waals surface area contributed by atoms with Gasteiger partial charge in [0.15, 0.2) is 11.6 Å². The minimum absolute atomic E-state index is 0.327. The lowest BCUT2D eigenvalue weighted by Gasteiger charge is -2.35. The molecule has 0 unspecified atom stereocenters. The first-order valence-electron chi connectivity index (χ1n) is 7.77. The quantitative estimate of drug-likeness (QED) is 0.844. The summed E-state index contributed by atoms with van der Waals surface area (Å²) < 4.78 is 14.3. The number of hydrogen-bond acceptors (Lipinski definition) is 6. The second-order valence-electron chi connectivity index (χ2n) is 5.92. The van der Waals surface area contributed by atoms with Gasteiger partial charge in [0, 0.05) is 37.6 Å². The molecule has 1 saturated heterocycles. The molecule has 0 bridgehead atoms. The van der Waals surface area contributed by atoms with Crippen LogP contribution in [0.4, 0.5) is 16.2 Å². The maximum Gasteiger partial charge on any atom is 0.225 e. The van der Waals surface area contributed by atoms with Gasteiger partial charge in [-0.1, -0.05) is 0 Å². The highest BCUT2D eigenvalue weighted by molar-refractivity contribution is 5.45. The molecule has 2 aromatic heterocycles. The molecule has 6 nitrogen and oxygen atoms in total. The van der Waals surface area contributed by atoms with Crippen LogP contribution in [0, 0.1) is 33.5 Å². The fourth-order valence-corrected chi connectivity index (χ4v) is 2.86. The largest absolute Gasteiger partial charge is 0.351 e. The maximum absolute atomic E-state index is 14.3. The van der Waals surface area contributed by atoms with Crippen molar-refractivity contribution in [2.24, 2.45) is 0 Å². The Bertz CT molecular complexity index is 705. The average molecular weight is 316 g/mol. The van der Waals surface area contributed by atoms with E-state index in [4.69, 9.17) is 0 Å². The summed E-state index contributed by atoms with van der Waals surface area (Å²) in [7, 11) is 0. The number of aromatic nitrogens is 4. The monoisotopic (exact) mass is 316 g/mol. The third kappa shape index (κ3) is 3.23. The van der Waals surface area contributed by atoms with Crippen molar-refractivity contribution in [1.82, 2.24) is 19.9 Å². The van der Waals surface area contributed by atoms with Crippen LogP contribution in [-0.4, -0.2) is 46.1 Å². The van der Waals surface area contributed by atoms with Crippen molar-refractivity contribution in [3.8, 4) is 0 Å². The van der Waals surface area contributed by atoms with Gasteiger partial charge in [0.25, 0.3) is 0 Å². The summed E-state index contributed by atoms with van der Waals surface area (Å²) in [6.45, 7) is 10.2. The van der Waals surface area contributed by atoms with Crippen LogP contribution in [0.25, 0.3) is 0 Å². The lowest BCUT2D eigenvalue weighted by atomic mass is 10.3. The summed E-state index contributed by atoms with van der Waals surface area (Å²) in [5, 5.41) is 0. The molecule has 1 aliphatic rings. The summed E-state index contributed by atoms with van der Waals surface area (Å²) in [6.07, 6.45) is 0. The van der Waals surface area contributed by atoms with Crippen LogP contribution >= 0.6 is 0 Å². The summed E-state index contributed by atoms with van der Waals surface area (Å²) >= 11 is 0. The molecular weight excluding hydrogens is 295 g/mol. The smallest absolute Gasteiger partial charge is 0.225 e. The van der Waals surface area contributed by atoms with E-state index in [0.717, 1.165) is 30.4 Å². The van der Waals surface area contributed by atoms with Gasteiger partial charge in [-0.05, 0) is 33.8 Å². The van der Waals surface area contributed by atoms with Gasteiger partial charge in [0.2, 0.25) is 5.95 Å². The van der Waals surface area contributed by atoms with Gasteiger partial charge in [0.05, 0.1) is 5.69 Å². The zero-order valence-electron chi connectivity index (χ0n) is 14.0. The van der Waals surface area contributed by atoms with E-state index < -0.39 is 0 Å². The van der Waals surface area contributed by atoms with E-state index >= 15 is 0 Å². The van der Waals surface area contributed by atoms with Gasteiger partial charge in [-0.3, -0.25) is 0 Å². The molecule has 0 N–H and O–H groups in total. The SMILES string of the molecule is Cc1cc(C)nc(N2CCN(c3nc(C)nc(C)c3F)CC2)n1. The molecule has 7 heteroatoms. The highest BCUT2D eigenvalue weighted by Gasteiger charge is 2.23. The van der Waals surface area contributed by atoms with Crippen LogP contribution in [0.3, 0.4) is 0 Å². The van der Waals surface area contributed by atoms with E-state index in [2.05, 4.69) is 24.8 Å². The molecule has 0 atom stereocenters. The molecule has 0 spiro atoms. The minimum Gasteiger partial charge on any atom is -0.351 e. The molecule has 0 aromatic carbocycles. The number of anilines is 2. The summed E-state index contributed by atoms with van der Waals surface area (Å²) in [4.78, 5) is 21.4. The van der Waals surface area contributed by atoms with Gasteiger partial charge in [-0.15, -0.1) is 0 Å². The van der Waals surface area contributed by atoms with E-state index in [-0.39, 0.29) is 5.82 Å². The first-order valence-corrected chi connectivity index (χ1v) is 7.77. The molecule has 0 radical (unpaired) electrons. The number of piperazine rings is 1. The normalized spacial score (nSPS) is 15.2. The van der Waals surface area contributed by atoms with Crippen molar-refractivity contribution < 1.29 is 4.39 Å². The van der Waals surface area contributed by atoms with Crippen LogP contribution in [0.1, 0.15) is 22.9 Å². The molecular formula is C16H21FN6. The Morgan fingerprint density at radius 1 is 0.826 bits per heavy atom. The number of hydrogen-bond donors (Lipinski definition) is 0. The molecule has 3 heterocycles. The number of aryl methyl sites for hydroxylation is 4. The second-order valence-corrected chi connectivity index (χ2v) is 5.92. The fourth-order valence-electron chi connectivity index (χ4n) is 2.86. The standard InChI is InChI=1S/C16H21FN6/c1-10-9-11(2)19-16(18-10)23-7-5-22(6-8-23)15-14(17)12(3)20-13(4)21-15/h9H,5-8H2,1-4H3. The van der Waals surface area contributed by atoms with E-state index in [1.54, 1.807) is 13.8 Å². The Kier molecular flexibility index (Phi) is 4.11. The van der Waals surface area contributed by atoms with Crippen molar-refractivity contribution in [2.75, 3.05) is 36.0 Å². The molecule has 3 rings (SSSR count). The number of halogens is 1. The summed E-state index contributed by atoms with van der Waals surface area (Å²) in [5.74, 6) is 1.42. The third-order valence-corrected chi connectivity index (χ3v) is 3.94. The van der Waals surface area contributed by atoms with Crippen LogP contribution < -0.4 is 9.80 Å². The third-order valence-electron chi connectivity index (χ3n) is 3.94. The molecule has 2 aromatic rings. The lowest BCUT2D eigenvalue weighted by Crippen LogP contribution is -2.48. The van der Waals surface area contributed by atoms with E-state index in [1.165, 1.54) is 0 Å². The van der Waals surface area contributed by atoms with Crippen molar-refractivity contribution in [3.05, 3.63) is 34.8 Å². The van der Waals surface area contributed by atoms with Gasteiger partial charge in [-0.2, -0.15) is 0 Å². The Hall–Kier alpha value is -2.31. The first kappa shape index (κ1) is 15.6. The van der Waals surface area contributed by atoms with Crippen LogP contribution in [0.15, 0.2) is 6.07 Å². The van der Waals surface area contributed by atoms with Gasteiger partial charge in [-0.25, -0.2) is 24.3 Å². The Labute approximate surface area is 135 Å². The highest BCUT2D eigenvalue weighted by Crippen LogP contribution is 2.21. The van der Waals surface area contributed by atoms with Crippen LogP contribution in [0.5, 0.6) is 0 Å². The van der Waals surface area contributed by atoms with Crippen molar-refractivity contribution in [3.63, 3.8) is 0 Å². The number of rotatable bonds is 2. The maximum atomic E-state index is 14.3. The van der Waals surface area contributed by atoms with E-state index in [9.17, 15) is 4.39 Å². The molecule has 23 heavy (non-hydrogen) atoms. The van der Waals surface area contributed by atoms with Gasteiger partial charge < -0.3 is 9.80 Å². The topological polar surface area (TPSA) is 58.0 Å². The zero-order valence-corrected chi connectivity index (χ0v) is 14.0. The first-order chi connectivity index (χ1) is 10.9. The Morgan fingerprint density at radius 2 is 1.39 bits per heavy atom. The molecule has 0 aliphatic carbocycles. The molecule has 1 fully saturated rings. The molecule has 0 saturated carbocycles. The highest BCUT2D eigenvalue weighted by atomic mass is 19.1. The minimum atomic E-state index is -0.327. The number of nitrogens with zero attached hydrogens (tertiary/aromatic N) is 6. The van der Waals surface area contributed by atoms with Crippen LogP contribution in [0.2, 0.25) is 0 Å². The van der Waals surface area contributed by atoms with Crippen molar-refractivity contribution >= 4 is 11.8 Å². The predicted molar refractivity (Wildman–Crippen MR) is 87.4 cm³/mol. The molecule has 122 valence electrons. The lowest BCUT2D eigenvalue weighted by molar-refractivity contribution is 0.569. The van der Waals surface area contributed by atoms with Crippen molar-refractivity contribution in [2.45, 2.75) is 27.7 Å². The van der Waals surface area contributed by atoms with Gasteiger partial charge in [0.1, 0.15) is 5.82 Å². The second kappa shape index (κ2) is 6.06. The Morgan fingerprint density at radius 3 is 2.00 bits per heavy atom. The van der Waals surface area contributed by atoms with Crippen LogP contribution in [-0.2, 0) is 0 Å². The zero-order chi connectivity index (χ0) is 16.6.